The number of hydrogen-bond donors (Lipinski definition) is 1. The second-order valence-corrected chi connectivity index (χ2v) is 4.44. The van der Waals surface area contributed by atoms with Crippen molar-refractivity contribution < 1.29 is 4.79 Å². The molecule has 13 heavy (non-hydrogen) atoms. The Labute approximate surface area is 80.1 Å². The van der Waals surface area contributed by atoms with Gasteiger partial charge in [0.25, 0.3) is 0 Å². The van der Waals surface area contributed by atoms with Gasteiger partial charge in [-0.25, -0.2) is 0 Å². The van der Waals surface area contributed by atoms with Crippen molar-refractivity contribution in [1.29, 1.82) is 0 Å². The molecular formula is C11H19NO. The molecule has 0 aromatic carbocycles. The van der Waals surface area contributed by atoms with Gasteiger partial charge in [-0.05, 0) is 38.3 Å². The lowest BCUT2D eigenvalue weighted by Crippen LogP contribution is -2.32. The quantitative estimate of drug-likeness (QED) is 0.716. The smallest absolute Gasteiger partial charge is 0.139 e. The molecule has 1 heterocycles. The van der Waals surface area contributed by atoms with Gasteiger partial charge < -0.3 is 5.32 Å². The average molecular weight is 181 g/mol. The average Bonchev–Trinajstić information content (AvgIpc) is 2.97. The van der Waals surface area contributed by atoms with Gasteiger partial charge in [-0.3, -0.25) is 4.79 Å². The van der Waals surface area contributed by atoms with E-state index in [-0.39, 0.29) is 0 Å². The summed E-state index contributed by atoms with van der Waals surface area (Å²) in [7, 11) is 0. The predicted molar refractivity (Wildman–Crippen MR) is 52.5 cm³/mol. The molecule has 2 rings (SSSR count). The zero-order valence-corrected chi connectivity index (χ0v) is 8.38. The van der Waals surface area contributed by atoms with E-state index in [1.807, 2.05) is 0 Å². The monoisotopic (exact) mass is 181 g/mol. The normalized spacial score (nSPS) is 34.5. The summed E-state index contributed by atoms with van der Waals surface area (Å²) in [5.41, 5.74) is 0. The van der Waals surface area contributed by atoms with Gasteiger partial charge in [0.1, 0.15) is 5.78 Å². The molecule has 1 saturated carbocycles. The first kappa shape index (κ1) is 9.20. The summed E-state index contributed by atoms with van der Waals surface area (Å²) in [6, 6.07) is 0. The van der Waals surface area contributed by atoms with Gasteiger partial charge in [0.15, 0.2) is 0 Å². The second kappa shape index (κ2) is 3.79. The van der Waals surface area contributed by atoms with Crippen molar-refractivity contribution in [2.45, 2.75) is 32.6 Å². The third-order valence-electron chi connectivity index (χ3n) is 3.55. The molecule has 0 aromatic heterocycles. The molecule has 74 valence electrons. The molecule has 0 amide bonds. The Balaban J connectivity index is 1.83. The predicted octanol–water partition coefficient (Wildman–Crippen LogP) is 1.60. The maximum Gasteiger partial charge on any atom is 0.139 e. The number of ketones is 1. The molecule has 0 bridgehead atoms. The van der Waals surface area contributed by atoms with Crippen LogP contribution in [0.25, 0.3) is 0 Å². The Morgan fingerprint density at radius 2 is 2.08 bits per heavy atom. The second-order valence-electron chi connectivity index (χ2n) is 4.44. The van der Waals surface area contributed by atoms with E-state index in [0.29, 0.717) is 17.6 Å². The van der Waals surface area contributed by atoms with Crippen LogP contribution in [-0.4, -0.2) is 18.9 Å². The molecule has 2 nitrogen and oxygen atoms in total. The van der Waals surface area contributed by atoms with E-state index in [1.54, 1.807) is 0 Å². The fraction of sp³-hybridized carbons (Fsp3) is 0.909. The molecule has 2 fully saturated rings. The highest BCUT2D eigenvalue weighted by atomic mass is 16.1. The molecule has 2 aliphatic rings. The summed E-state index contributed by atoms with van der Waals surface area (Å²) in [6.07, 6.45) is 4.53. The van der Waals surface area contributed by atoms with E-state index in [9.17, 15) is 4.79 Å². The van der Waals surface area contributed by atoms with Crippen molar-refractivity contribution in [3.05, 3.63) is 0 Å². The number of Topliss-reactive ketones (excluding diaryl/α,β-unsaturated/α-hetero) is 1. The molecule has 0 aromatic rings. The summed E-state index contributed by atoms with van der Waals surface area (Å²) >= 11 is 0. The minimum Gasteiger partial charge on any atom is -0.317 e. The van der Waals surface area contributed by atoms with Crippen LogP contribution in [0, 0.1) is 17.8 Å². The summed E-state index contributed by atoms with van der Waals surface area (Å²) in [5.74, 6) is 2.16. The van der Waals surface area contributed by atoms with Gasteiger partial charge in [0, 0.05) is 11.8 Å². The maximum atomic E-state index is 11.9. The van der Waals surface area contributed by atoms with Crippen LogP contribution in [0.1, 0.15) is 32.6 Å². The summed E-state index contributed by atoms with van der Waals surface area (Å²) in [6.45, 7) is 4.28. The third-order valence-corrected chi connectivity index (χ3v) is 3.55. The molecular weight excluding hydrogens is 162 g/mol. The van der Waals surface area contributed by atoms with Gasteiger partial charge in [0.05, 0.1) is 0 Å². The highest BCUT2D eigenvalue weighted by Gasteiger charge is 2.43. The van der Waals surface area contributed by atoms with Crippen LogP contribution in [0.4, 0.5) is 0 Å². The van der Waals surface area contributed by atoms with Gasteiger partial charge in [0.2, 0.25) is 0 Å². The minimum absolute atomic E-state index is 0.391. The number of nitrogens with one attached hydrogen (secondary N) is 1. The minimum atomic E-state index is 0.391. The molecule has 0 spiro atoms. The van der Waals surface area contributed by atoms with Gasteiger partial charge in [-0.1, -0.05) is 13.3 Å². The number of hydrogen-bond acceptors (Lipinski definition) is 2. The molecule has 1 aliphatic carbocycles. The largest absolute Gasteiger partial charge is 0.317 e. The Kier molecular flexibility index (Phi) is 2.68. The lowest BCUT2D eigenvalue weighted by Gasteiger charge is -2.21. The van der Waals surface area contributed by atoms with Crippen molar-refractivity contribution in [2.75, 3.05) is 13.1 Å². The number of rotatable bonds is 3. The van der Waals surface area contributed by atoms with Crippen LogP contribution in [-0.2, 0) is 4.79 Å². The zero-order chi connectivity index (χ0) is 9.26. The van der Waals surface area contributed by atoms with Gasteiger partial charge >= 0.3 is 0 Å². The Morgan fingerprint density at radius 1 is 1.38 bits per heavy atom. The van der Waals surface area contributed by atoms with Crippen LogP contribution >= 0.6 is 0 Å². The summed E-state index contributed by atoms with van der Waals surface area (Å²) in [5, 5.41) is 3.30. The number of piperidine rings is 1. The fourth-order valence-electron chi connectivity index (χ4n) is 2.46. The first-order valence-electron chi connectivity index (χ1n) is 5.57. The number of carbonyl (C=O) groups is 1. The highest BCUT2D eigenvalue weighted by Crippen LogP contribution is 2.44. The Hall–Kier alpha value is -0.370. The molecule has 2 heteroatoms. The maximum absolute atomic E-state index is 11.9. The highest BCUT2D eigenvalue weighted by molar-refractivity contribution is 5.86. The van der Waals surface area contributed by atoms with E-state index < -0.39 is 0 Å². The third kappa shape index (κ3) is 1.93. The molecule has 0 radical (unpaired) electrons. The zero-order valence-electron chi connectivity index (χ0n) is 8.38. The molecule has 2 atom stereocenters. The first-order valence-corrected chi connectivity index (χ1v) is 5.57. The number of carbonyl (C=O) groups excluding carboxylic acids is 1. The van der Waals surface area contributed by atoms with Gasteiger partial charge in [-0.2, -0.15) is 0 Å². The van der Waals surface area contributed by atoms with Crippen molar-refractivity contribution in [3.63, 3.8) is 0 Å². The van der Waals surface area contributed by atoms with E-state index in [4.69, 9.17) is 0 Å². The Morgan fingerprint density at radius 3 is 2.62 bits per heavy atom. The molecule has 2 unspecified atom stereocenters. The van der Waals surface area contributed by atoms with E-state index in [2.05, 4.69) is 12.2 Å². The standard InChI is InChI=1S/C11H19NO/c1-2-8-7-10(8)11(13)9-3-5-12-6-4-9/h8-10,12H,2-7H2,1H3. The van der Waals surface area contributed by atoms with Gasteiger partial charge in [-0.15, -0.1) is 0 Å². The van der Waals surface area contributed by atoms with E-state index >= 15 is 0 Å². The SMILES string of the molecule is CCC1CC1C(=O)C1CCNCC1. The van der Waals surface area contributed by atoms with Crippen molar-refractivity contribution in [1.82, 2.24) is 5.32 Å². The molecule has 1 aliphatic heterocycles. The van der Waals surface area contributed by atoms with Crippen molar-refractivity contribution in [2.24, 2.45) is 17.8 Å². The lowest BCUT2D eigenvalue weighted by atomic mass is 9.90. The van der Waals surface area contributed by atoms with Crippen molar-refractivity contribution in [3.8, 4) is 0 Å². The van der Waals surface area contributed by atoms with Crippen molar-refractivity contribution >= 4 is 5.78 Å². The van der Waals surface area contributed by atoms with Crippen LogP contribution in [0.5, 0.6) is 0 Å². The molecule has 1 saturated heterocycles. The van der Waals surface area contributed by atoms with Crippen LogP contribution < -0.4 is 5.32 Å². The topological polar surface area (TPSA) is 29.1 Å². The van der Waals surface area contributed by atoms with Crippen LogP contribution in [0.15, 0.2) is 0 Å². The van der Waals surface area contributed by atoms with Crippen LogP contribution in [0.2, 0.25) is 0 Å². The van der Waals surface area contributed by atoms with E-state index in [1.165, 1.54) is 12.8 Å². The Bertz CT molecular complexity index is 196. The molecule has 1 N–H and O–H groups in total. The van der Waals surface area contributed by atoms with E-state index in [0.717, 1.165) is 31.8 Å². The van der Waals surface area contributed by atoms with Crippen LogP contribution in [0.3, 0.4) is 0 Å². The summed E-state index contributed by atoms with van der Waals surface area (Å²) < 4.78 is 0. The fourth-order valence-corrected chi connectivity index (χ4v) is 2.46. The first-order chi connectivity index (χ1) is 6.33. The summed E-state index contributed by atoms with van der Waals surface area (Å²) in [4.78, 5) is 11.9. The lowest BCUT2D eigenvalue weighted by molar-refractivity contribution is -0.125.